The van der Waals surface area contributed by atoms with Crippen molar-refractivity contribution in [2.45, 2.75) is 6.42 Å². The van der Waals surface area contributed by atoms with Gasteiger partial charge in [-0.1, -0.05) is 12.1 Å². The van der Waals surface area contributed by atoms with Crippen molar-refractivity contribution in [2.75, 3.05) is 44.2 Å². The van der Waals surface area contributed by atoms with Crippen LogP contribution in [0, 0.1) is 11.8 Å². The van der Waals surface area contributed by atoms with Gasteiger partial charge in [0.05, 0.1) is 5.69 Å². The molecule has 0 saturated carbocycles. The lowest BCUT2D eigenvalue weighted by molar-refractivity contribution is -0.130. The summed E-state index contributed by atoms with van der Waals surface area (Å²) in [5.41, 5.74) is 0.763. The van der Waals surface area contributed by atoms with Gasteiger partial charge in [-0.2, -0.15) is 0 Å². The molecule has 1 aromatic rings. The van der Waals surface area contributed by atoms with E-state index >= 15 is 0 Å². The summed E-state index contributed by atoms with van der Waals surface area (Å²) < 4.78 is 5.43. The predicted octanol–water partition coefficient (Wildman–Crippen LogP) is 0.902. The Morgan fingerprint density at radius 3 is 2.67 bits per heavy atom. The fraction of sp³-hybridized carbons (Fsp3) is 0.529. The fourth-order valence-electron chi connectivity index (χ4n) is 3.82. The number of nitrogens with zero attached hydrogens (tertiary/aromatic N) is 2. The van der Waals surface area contributed by atoms with Gasteiger partial charge in [0.2, 0.25) is 5.91 Å². The van der Waals surface area contributed by atoms with Crippen LogP contribution in [-0.4, -0.2) is 56.0 Å². The van der Waals surface area contributed by atoms with E-state index in [0.717, 1.165) is 31.9 Å². The van der Waals surface area contributed by atoms with Crippen molar-refractivity contribution >= 4 is 29.9 Å². The summed E-state index contributed by atoms with van der Waals surface area (Å²) in [4.78, 5) is 28.2. The predicted molar refractivity (Wildman–Crippen MR) is 92.6 cm³/mol. The molecule has 7 heteroatoms. The fourth-order valence-corrected chi connectivity index (χ4v) is 3.82. The average Bonchev–Trinajstić information content (AvgIpc) is 3.15. The maximum Gasteiger partial charge on any atom is 0.265 e. The molecule has 0 aliphatic carbocycles. The maximum atomic E-state index is 12.5. The number of carbonyl (C=O) groups is 2. The van der Waals surface area contributed by atoms with E-state index in [-0.39, 0.29) is 30.8 Å². The van der Waals surface area contributed by atoms with Crippen LogP contribution in [0.2, 0.25) is 0 Å². The quantitative estimate of drug-likeness (QED) is 0.879. The van der Waals surface area contributed by atoms with Gasteiger partial charge in [0.25, 0.3) is 5.91 Å². The Morgan fingerprint density at radius 2 is 1.92 bits per heavy atom. The largest absolute Gasteiger partial charge is 0.482 e. The molecule has 0 unspecified atom stereocenters. The van der Waals surface area contributed by atoms with Gasteiger partial charge in [-0.25, -0.2) is 0 Å². The van der Waals surface area contributed by atoms with Crippen LogP contribution in [0.5, 0.6) is 5.75 Å². The van der Waals surface area contributed by atoms with Gasteiger partial charge in [0, 0.05) is 39.1 Å². The number of rotatable bonds is 3. The Balaban J connectivity index is 0.00000169. The summed E-state index contributed by atoms with van der Waals surface area (Å²) in [5.74, 6) is 1.98. The number of fused-ring (bicyclic) bond motifs is 2. The second kappa shape index (κ2) is 6.99. The van der Waals surface area contributed by atoms with E-state index in [0.29, 0.717) is 30.6 Å². The molecule has 1 N–H and O–H groups in total. The van der Waals surface area contributed by atoms with Gasteiger partial charge < -0.3 is 19.9 Å². The van der Waals surface area contributed by atoms with Gasteiger partial charge in [0.1, 0.15) is 5.75 Å². The second-order valence-corrected chi connectivity index (χ2v) is 6.53. The highest BCUT2D eigenvalue weighted by molar-refractivity contribution is 5.98. The standard InChI is InChI=1S/C17H21N3O3.ClH/c21-16(19-9-12-7-18-8-13(12)10-19)5-6-20-14-3-1-2-4-15(14)23-11-17(20)22;/h1-4,12-13,18H,5-11H2;1H/t12-,13+;. The lowest BCUT2D eigenvalue weighted by Crippen LogP contribution is -2.41. The Labute approximate surface area is 147 Å². The van der Waals surface area contributed by atoms with Crippen LogP contribution >= 0.6 is 12.4 Å². The first-order chi connectivity index (χ1) is 11.2. The summed E-state index contributed by atoms with van der Waals surface area (Å²) >= 11 is 0. The van der Waals surface area contributed by atoms with Crippen molar-refractivity contribution in [2.24, 2.45) is 11.8 Å². The van der Waals surface area contributed by atoms with Crippen molar-refractivity contribution in [1.29, 1.82) is 0 Å². The van der Waals surface area contributed by atoms with Crippen LogP contribution in [0.4, 0.5) is 5.69 Å². The Morgan fingerprint density at radius 1 is 1.21 bits per heavy atom. The molecule has 4 rings (SSSR count). The Bertz CT molecular complexity index is 627. The highest BCUT2D eigenvalue weighted by atomic mass is 35.5. The number of para-hydroxylation sites is 2. The molecule has 3 aliphatic rings. The molecule has 2 amide bonds. The molecule has 2 fully saturated rings. The number of benzene rings is 1. The molecule has 2 saturated heterocycles. The van der Waals surface area contributed by atoms with E-state index in [1.165, 1.54) is 0 Å². The van der Waals surface area contributed by atoms with Gasteiger partial charge in [-0.15, -0.1) is 12.4 Å². The van der Waals surface area contributed by atoms with Crippen molar-refractivity contribution in [3.8, 4) is 5.75 Å². The minimum atomic E-state index is -0.0843. The maximum absolute atomic E-state index is 12.5. The van der Waals surface area contributed by atoms with E-state index in [9.17, 15) is 9.59 Å². The van der Waals surface area contributed by atoms with Crippen LogP contribution in [0.25, 0.3) is 0 Å². The molecule has 3 aliphatic heterocycles. The van der Waals surface area contributed by atoms with Gasteiger partial charge in [-0.05, 0) is 24.0 Å². The summed E-state index contributed by atoms with van der Waals surface area (Å²) in [5, 5.41) is 3.38. The normalized spacial score (nSPS) is 24.9. The number of halogens is 1. The zero-order valence-electron chi connectivity index (χ0n) is 13.4. The van der Waals surface area contributed by atoms with Gasteiger partial charge in [-0.3, -0.25) is 9.59 Å². The Hall–Kier alpha value is -1.79. The van der Waals surface area contributed by atoms with E-state index in [2.05, 4.69) is 5.32 Å². The molecule has 0 spiro atoms. The molecule has 6 nitrogen and oxygen atoms in total. The first-order valence-corrected chi connectivity index (χ1v) is 8.23. The van der Waals surface area contributed by atoms with Crippen LogP contribution in [0.15, 0.2) is 24.3 Å². The first-order valence-electron chi connectivity index (χ1n) is 8.23. The number of hydrogen-bond acceptors (Lipinski definition) is 4. The SMILES string of the molecule is Cl.O=C(CCN1C(=O)COc2ccccc21)N1C[C@H]2CNC[C@H]2C1. The van der Waals surface area contributed by atoms with Crippen LogP contribution in [0.3, 0.4) is 0 Å². The molecule has 3 heterocycles. The lowest BCUT2D eigenvalue weighted by atomic mass is 10.0. The third-order valence-electron chi connectivity index (χ3n) is 5.10. The molecule has 0 radical (unpaired) electrons. The topological polar surface area (TPSA) is 61.9 Å². The molecule has 1 aromatic carbocycles. The highest BCUT2D eigenvalue weighted by Gasteiger charge is 2.38. The monoisotopic (exact) mass is 351 g/mol. The number of likely N-dealkylation sites (tertiary alicyclic amines) is 1. The van der Waals surface area contributed by atoms with E-state index in [4.69, 9.17) is 4.74 Å². The minimum absolute atomic E-state index is 0. The third-order valence-corrected chi connectivity index (χ3v) is 5.10. The number of amides is 2. The zero-order chi connectivity index (χ0) is 15.8. The molecular weight excluding hydrogens is 330 g/mol. The van der Waals surface area contributed by atoms with Crippen LogP contribution in [-0.2, 0) is 9.59 Å². The minimum Gasteiger partial charge on any atom is -0.482 e. The molecule has 130 valence electrons. The number of carbonyl (C=O) groups excluding carboxylic acids is 2. The van der Waals surface area contributed by atoms with Gasteiger partial charge >= 0.3 is 0 Å². The van der Waals surface area contributed by atoms with Crippen molar-refractivity contribution in [1.82, 2.24) is 10.2 Å². The van der Waals surface area contributed by atoms with Crippen LogP contribution in [0.1, 0.15) is 6.42 Å². The first kappa shape index (κ1) is 17.0. The third kappa shape index (κ3) is 3.08. The second-order valence-electron chi connectivity index (χ2n) is 6.53. The van der Waals surface area contributed by atoms with E-state index in [1.54, 1.807) is 4.90 Å². The number of nitrogens with one attached hydrogen (secondary N) is 1. The van der Waals surface area contributed by atoms with Crippen molar-refractivity contribution in [3.63, 3.8) is 0 Å². The summed E-state index contributed by atoms with van der Waals surface area (Å²) in [6.07, 6.45) is 0.368. The molecular formula is C17H22ClN3O3. The van der Waals surface area contributed by atoms with E-state index < -0.39 is 0 Å². The summed E-state index contributed by atoms with van der Waals surface area (Å²) in [6.45, 7) is 4.20. The van der Waals surface area contributed by atoms with Crippen molar-refractivity contribution in [3.05, 3.63) is 24.3 Å². The molecule has 2 atom stereocenters. The smallest absolute Gasteiger partial charge is 0.265 e. The zero-order valence-corrected chi connectivity index (χ0v) is 14.3. The number of ether oxygens (including phenoxy) is 1. The van der Waals surface area contributed by atoms with Crippen LogP contribution < -0.4 is 15.0 Å². The number of hydrogen-bond donors (Lipinski definition) is 1. The van der Waals surface area contributed by atoms with Gasteiger partial charge in [0.15, 0.2) is 6.61 Å². The average molecular weight is 352 g/mol. The van der Waals surface area contributed by atoms with Crippen molar-refractivity contribution < 1.29 is 14.3 Å². The Kier molecular flexibility index (Phi) is 4.96. The summed E-state index contributed by atoms with van der Waals surface area (Å²) in [7, 11) is 0. The number of anilines is 1. The lowest BCUT2D eigenvalue weighted by Gasteiger charge is -2.29. The molecule has 24 heavy (non-hydrogen) atoms. The van der Waals surface area contributed by atoms with E-state index in [1.807, 2.05) is 29.2 Å². The molecule has 0 aromatic heterocycles. The summed E-state index contributed by atoms with van der Waals surface area (Å²) in [6, 6.07) is 7.48. The molecule has 0 bridgehead atoms. The highest BCUT2D eigenvalue weighted by Crippen LogP contribution is 2.32.